The number of benzene rings is 1. The smallest absolute Gasteiger partial charge is 0.0907 e. The van der Waals surface area contributed by atoms with Gasteiger partial charge in [0.2, 0.25) is 0 Å². The van der Waals surface area contributed by atoms with Gasteiger partial charge in [0.15, 0.2) is 0 Å². The molecule has 3 aromatic rings. The van der Waals surface area contributed by atoms with Crippen LogP contribution in [-0.2, 0) is 0 Å². The maximum Gasteiger partial charge on any atom is 0.0907 e. The monoisotopic (exact) mass is 226 g/mol. The second kappa shape index (κ2) is 3.68. The first-order valence-corrected chi connectivity index (χ1v) is 5.92. The van der Waals surface area contributed by atoms with Crippen LogP contribution < -0.4 is 0 Å². The molecule has 0 N–H and O–H groups in total. The van der Waals surface area contributed by atoms with E-state index in [9.17, 15) is 0 Å². The van der Waals surface area contributed by atoms with Gasteiger partial charge < -0.3 is 0 Å². The van der Waals surface area contributed by atoms with Crippen LogP contribution in [0.1, 0.15) is 5.01 Å². The van der Waals surface area contributed by atoms with Crippen molar-refractivity contribution in [3.63, 3.8) is 0 Å². The predicted molar refractivity (Wildman–Crippen MR) is 67.6 cm³/mol. The summed E-state index contributed by atoms with van der Waals surface area (Å²) < 4.78 is 1.24. The first-order chi connectivity index (χ1) is 7.83. The lowest BCUT2D eigenvalue weighted by Crippen LogP contribution is -1.79. The largest absolute Gasteiger partial charge is 0.264 e. The quantitative estimate of drug-likeness (QED) is 0.632. The Hall–Kier alpha value is -1.74. The number of hydrogen-bond acceptors (Lipinski definition) is 3. The summed E-state index contributed by atoms with van der Waals surface area (Å²) in [6.07, 6.45) is 3.66. The van der Waals surface area contributed by atoms with Gasteiger partial charge in [0.05, 0.1) is 15.2 Å². The Bertz CT molecular complexity index is 629. The van der Waals surface area contributed by atoms with Crippen LogP contribution in [0, 0.1) is 6.92 Å². The maximum atomic E-state index is 4.50. The minimum absolute atomic E-state index is 1.07. The maximum absolute atomic E-state index is 4.50. The highest BCUT2D eigenvalue weighted by molar-refractivity contribution is 7.18. The summed E-state index contributed by atoms with van der Waals surface area (Å²) >= 11 is 1.73. The second-order valence-electron chi connectivity index (χ2n) is 3.66. The van der Waals surface area contributed by atoms with Crippen molar-refractivity contribution in [1.82, 2.24) is 9.97 Å². The summed E-state index contributed by atoms with van der Waals surface area (Å²) in [5.41, 5.74) is 3.38. The number of aromatic nitrogens is 2. The van der Waals surface area contributed by atoms with Crippen molar-refractivity contribution < 1.29 is 0 Å². The molecular weight excluding hydrogens is 216 g/mol. The van der Waals surface area contributed by atoms with Crippen LogP contribution in [0.2, 0.25) is 0 Å². The molecule has 0 aliphatic heterocycles. The van der Waals surface area contributed by atoms with E-state index in [1.54, 1.807) is 17.5 Å². The standard InChI is InChI=1S/C13H10N2S/c1-9-15-12-7-10(4-5-13(12)16-9)11-3-2-6-14-8-11/h2-8H,1H3. The van der Waals surface area contributed by atoms with Gasteiger partial charge >= 0.3 is 0 Å². The van der Waals surface area contributed by atoms with Crippen LogP contribution in [0.25, 0.3) is 21.3 Å². The summed E-state index contributed by atoms with van der Waals surface area (Å²) in [5, 5.41) is 1.11. The molecule has 0 aliphatic carbocycles. The van der Waals surface area contributed by atoms with Crippen LogP contribution in [-0.4, -0.2) is 9.97 Å². The first kappa shape index (κ1) is 9.48. The number of fused-ring (bicyclic) bond motifs is 1. The van der Waals surface area contributed by atoms with E-state index in [-0.39, 0.29) is 0 Å². The average molecular weight is 226 g/mol. The third-order valence-electron chi connectivity index (χ3n) is 2.49. The van der Waals surface area contributed by atoms with E-state index in [1.165, 1.54) is 10.3 Å². The van der Waals surface area contributed by atoms with Crippen LogP contribution in [0.3, 0.4) is 0 Å². The Morgan fingerprint density at radius 3 is 2.88 bits per heavy atom. The number of pyridine rings is 1. The van der Waals surface area contributed by atoms with E-state index in [2.05, 4.69) is 34.2 Å². The molecule has 2 aromatic heterocycles. The van der Waals surface area contributed by atoms with Crippen molar-refractivity contribution in [1.29, 1.82) is 0 Å². The summed E-state index contributed by atoms with van der Waals surface area (Å²) in [4.78, 5) is 8.63. The molecule has 0 bridgehead atoms. The van der Waals surface area contributed by atoms with Crippen LogP contribution in [0.4, 0.5) is 0 Å². The van der Waals surface area contributed by atoms with Crippen molar-refractivity contribution in [2.24, 2.45) is 0 Å². The topological polar surface area (TPSA) is 25.8 Å². The van der Waals surface area contributed by atoms with Gasteiger partial charge in [-0.25, -0.2) is 4.98 Å². The minimum atomic E-state index is 1.07. The van der Waals surface area contributed by atoms with Gasteiger partial charge in [0.25, 0.3) is 0 Å². The van der Waals surface area contributed by atoms with Gasteiger partial charge in [-0.3, -0.25) is 4.98 Å². The first-order valence-electron chi connectivity index (χ1n) is 5.10. The van der Waals surface area contributed by atoms with Crippen molar-refractivity contribution in [3.8, 4) is 11.1 Å². The molecule has 0 aliphatic rings. The highest BCUT2D eigenvalue weighted by Crippen LogP contribution is 2.26. The van der Waals surface area contributed by atoms with E-state index < -0.39 is 0 Å². The Morgan fingerprint density at radius 2 is 2.06 bits per heavy atom. The normalized spacial score (nSPS) is 10.8. The van der Waals surface area contributed by atoms with Crippen LogP contribution >= 0.6 is 11.3 Å². The highest BCUT2D eigenvalue weighted by Gasteiger charge is 2.03. The van der Waals surface area contributed by atoms with Gasteiger partial charge in [-0.2, -0.15) is 0 Å². The molecule has 78 valence electrons. The molecule has 3 rings (SSSR count). The average Bonchev–Trinajstić information content (AvgIpc) is 2.69. The summed E-state index contributed by atoms with van der Waals surface area (Å²) in [7, 11) is 0. The number of nitrogens with zero attached hydrogens (tertiary/aromatic N) is 2. The van der Waals surface area contributed by atoms with Crippen LogP contribution in [0.15, 0.2) is 42.7 Å². The highest BCUT2D eigenvalue weighted by atomic mass is 32.1. The van der Waals surface area contributed by atoms with Gasteiger partial charge in [-0.15, -0.1) is 11.3 Å². The fraction of sp³-hybridized carbons (Fsp3) is 0.0769. The molecule has 0 saturated carbocycles. The number of rotatable bonds is 1. The summed E-state index contributed by atoms with van der Waals surface area (Å²) in [5.74, 6) is 0. The SMILES string of the molecule is Cc1nc2cc(-c3cccnc3)ccc2s1. The molecule has 0 saturated heterocycles. The fourth-order valence-electron chi connectivity index (χ4n) is 1.76. The van der Waals surface area contributed by atoms with E-state index >= 15 is 0 Å². The summed E-state index contributed by atoms with van der Waals surface area (Å²) in [6, 6.07) is 10.4. The molecule has 0 atom stereocenters. The molecule has 0 spiro atoms. The van der Waals surface area contributed by atoms with E-state index in [0.717, 1.165) is 16.1 Å². The molecule has 2 nitrogen and oxygen atoms in total. The Kier molecular flexibility index (Phi) is 2.18. The van der Waals surface area contributed by atoms with Crippen molar-refractivity contribution >= 4 is 21.6 Å². The summed E-state index contributed by atoms with van der Waals surface area (Å²) in [6.45, 7) is 2.04. The zero-order valence-electron chi connectivity index (χ0n) is 8.84. The zero-order chi connectivity index (χ0) is 11.0. The Balaban J connectivity index is 2.18. The van der Waals surface area contributed by atoms with Gasteiger partial charge in [-0.05, 0) is 30.7 Å². The lowest BCUT2D eigenvalue weighted by molar-refractivity contribution is 1.33. The van der Waals surface area contributed by atoms with E-state index in [1.807, 2.05) is 19.2 Å². The molecule has 0 amide bonds. The van der Waals surface area contributed by atoms with Gasteiger partial charge in [-0.1, -0.05) is 12.1 Å². The molecule has 0 radical (unpaired) electrons. The van der Waals surface area contributed by atoms with Crippen molar-refractivity contribution in [2.75, 3.05) is 0 Å². The Labute approximate surface area is 97.6 Å². The van der Waals surface area contributed by atoms with Crippen LogP contribution in [0.5, 0.6) is 0 Å². The van der Waals surface area contributed by atoms with Gasteiger partial charge in [0.1, 0.15) is 0 Å². The minimum Gasteiger partial charge on any atom is -0.264 e. The van der Waals surface area contributed by atoms with Gasteiger partial charge in [0, 0.05) is 18.0 Å². The van der Waals surface area contributed by atoms with E-state index in [4.69, 9.17) is 0 Å². The number of aryl methyl sites for hydroxylation is 1. The fourth-order valence-corrected chi connectivity index (χ4v) is 2.56. The molecule has 2 heterocycles. The molecule has 16 heavy (non-hydrogen) atoms. The zero-order valence-corrected chi connectivity index (χ0v) is 9.66. The predicted octanol–water partition coefficient (Wildman–Crippen LogP) is 3.67. The lowest BCUT2D eigenvalue weighted by Gasteiger charge is -1.99. The number of hydrogen-bond donors (Lipinski definition) is 0. The number of thiazole rings is 1. The molecule has 0 unspecified atom stereocenters. The molecular formula is C13H10N2S. The lowest BCUT2D eigenvalue weighted by atomic mass is 10.1. The van der Waals surface area contributed by atoms with Crippen molar-refractivity contribution in [2.45, 2.75) is 6.92 Å². The third kappa shape index (κ3) is 1.59. The van der Waals surface area contributed by atoms with Crippen molar-refractivity contribution in [3.05, 3.63) is 47.7 Å². The second-order valence-corrected chi connectivity index (χ2v) is 4.89. The third-order valence-corrected chi connectivity index (χ3v) is 3.44. The van der Waals surface area contributed by atoms with E-state index in [0.29, 0.717) is 0 Å². The Morgan fingerprint density at radius 1 is 1.12 bits per heavy atom. The molecule has 1 aromatic carbocycles. The molecule has 3 heteroatoms. The molecule has 0 fully saturated rings.